The third kappa shape index (κ3) is 7.44. The first-order valence-corrected chi connectivity index (χ1v) is 10.4. The first kappa shape index (κ1) is 23.9. The van der Waals surface area contributed by atoms with E-state index in [2.05, 4.69) is 10.6 Å². The molecule has 1 saturated heterocycles. The van der Waals surface area contributed by atoms with Crippen molar-refractivity contribution in [1.82, 2.24) is 10.6 Å². The summed E-state index contributed by atoms with van der Waals surface area (Å²) in [6.45, 7) is 11.3. The van der Waals surface area contributed by atoms with E-state index in [1.807, 2.05) is 44.2 Å². The van der Waals surface area contributed by atoms with Crippen molar-refractivity contribution in [2.24, 2.45) is 5.92 Å². The van der Waals surface area contributed by atoms with E-state index in [9.17, 15) is 14.4 Å². The molecular formula is C23H34N2O5. The molecule has 0 saturated carbocycles. The molecule has 1 aromatic carbocycles. The summed E-state index contributed by atoms with van der Waals surface area (Å²) in [7, 11) is 0. The summed E-state index contributed by atoms with van der Waals surface area (Å²) in [5, 5.41) is 5.50. The zero-order chi connectivity index (χ0) is 22.5. The van der Waals surface area contributed by atoms with Crippen LogP contribution in [0.1, 0.15) is 53.5 Å². The lowest BCUT2D eigenvalue weighted by molar-refractivity contribution is -0.131. The fourth-order valence-corrected chi connectivity index (χ4v) is 3.10. The van der Waals surface area contributed by atoms with Crippen LogP contribution in [-0.4, -0.2) is 47.7 Å². The van der Waals surface area contributed by atoms with Gasteiger partial charge in [0.05, 0.1) is 12.6 Å². The van der Waals surface area contributed by atoms with Crippen molar-refractivity contribution in [2.75, 3.05) is 6.61 Å². The molecule has 3 unspecified atom stereocenters. The van der Waals surface area contributed by atoms with E-state index >= 15 is 0 Å². The van der Waals surface area contributed by atoms with Gasteiger partial charge < -0.3 is 20.1 Å². The second-order valence-electron chi connectivity index (χ2n) is 9.46. The fourth-order valence-electron chi connectivity index (χ4n) is 3.10. The van der Waals surface area contributed by atoms with Gasteiger partial charge in [-0.15, -0.1) is 0 Å². The number of benzene rings is 1. The molecule has 0 bridgehead atoms. The maximum Gasteiger partial charge on any atom is 0.408 e. The Morgan fingerprint density at radius 2 is 1.70 bits per heavy atom. The second kappa shape index (κ2) is 9.60. The number of epoxide rings is 1. The lowest BCUT2D eigenvalue weighted by Crippen LogP contribution is -2.55. The monoisotopic (exact) mass is 418 g/mol. The van der Waals surface area contributed by atoms with Crippen molar-refractivity contribution in [2.45, 2.75) is 77.7 Å². The molecular weight excluding hydrogens is 384 g/mol. The molecule has 0 aromatic heterocycles. The highest BCUT2D eigenvalue weighted by molar-refractivity contribution is 5.97. The van der Waals surface area contributed by atoms with Crippen molar-refractivity contribution in [1.29, 1.82) is 0 Å². The number of carbonyl (C=O) groups excluding carboxylic acids is 3. The van der Waals surface area contributed by atoms with Gasteiger partial charge in [-0.2, -0.15) is 0 Å². The molecule has 1 aliphatic heterocycles. The molecule has 2 N–H and O–H groups in total. The molecule has 1 heterocycles. The second-order valence-corrected chi connectivity index (χ2v) is 9.46. The molecule has 7 heteroatoms. The Bertz CT molecular complexity index is 751. The number of Topliss-reactive ketones (excluding diaryl/α,β-unsaturated/α-hetero) is 1. The van der Waals surface area contributed by atoms with Crippen molar-refractivity contribution in [3.8, 4) is 0 Å². The van der Waals surface area contributed by atoms with E-state index in [-0.39, 0.29) is 18.1 Å². The van der Waals surface area contributed by atoms with Gasteiger partial charge in [0.2, 0.25) is 5.91 Å². The Hall–Kier alpha value is -2.41. The molecule has 0 radical (unpaired) electrons. The number of rotatable bonds is 9. The fraction of sp³-hybridized carbons (Fsp3) is 0.609. The van der Waals surface area contributed by atoms with E-state index in [1.54, 1.807) is 27.7 Å². The van der Waals surface area contributed by atoms with Crippen LogP contribution in [0.4, 0.5) is 4.79 Å². The Morgan fingerprint density at radius 1 is 1.10 bits per heavy atom. The van der Waals surface area contributed by atoms with Crippen molar-refractivity contribution in [3.63, 3.8) is 0 Å². The number of ether oxygens (including phenoxy) is 2. The van der Waals surface area contributed by atoms with Gasteiger partial charge in [-0.3, -0.25) is 9.59 Å². The average Bonchev–Trinajstić information content (AvgIpc) is 3.37. The molecule has 0 aliphatic carbocycles. The predicted octanol–water partition coefficient (Wildman–Crippen LogP) is 3.01. The summed E-state index contributed by atoms with van der Waals surface area (Å²) in [6.07, 6.45) is 0.0961. The van der Waals surface area contributed by atoms with Crippen LogP contribution in [0.2, 0.25) is 0 Å². The summed E-state index contributed by atoms with van der Waals surface area (Å²) < 4.78 is 10.6. The molecule has 7 nitrogen and oxygen atoms in total. The predicted molar refractivity (Wildman–Crippen MR) is 114 cm³/mol. The van der Waals surface area contributed by atoms with Gasteiger partial charge >= 0.3 is 6.09 Å². The molecule has 2 rings (SSSR count). The Kier molecular flexibility index (Phi) is 7.64. The molecule has 1 aromatic rings. The number of nitrogens with one attached hydrogen (secondary N) is 2. The maximum absolute atomic E-state index is 13.1. The lowest BCUT2D eigenvalue weighted by atomic mass is 9.93. The van der Waals surface area contributed by atoms with Gasteiger partial charge in [0, 0.05) is 6.42 Å². The highest BCUT2D eigenvalue weighted by Gasteiger charge is 2.50. The number of amides is 2. The van der Waals surface area contributed by atoms with Crippen LogP contribution >= 0.6 is 0 Å². The number of hydrogen-bond donors (Lipinski definition) is 2. The summed E-state index contributed by atoms with van der Waals surface area (Å²) in [4.78, 5) is 38.3. The zero-order valence-electron chi connectivity index (χ0n) is 18.8. The van der Waals surface area contributed by atoms with E-state index in [0.717, 1.165) is 5.56 Å². The summed E-state index contributed by atoms with van der Waals surface area (Å²) in [5.41, 5.74) is -0.635. The minimum atomic E-state index is -0.877. The largest absolute Gasteiger partial charge is 0.444 e. The number of alkyl carbamates (subject to hydrolysis) is 1. The van der Waals surface area contributed by atoms with Crippen molar-refractivity contribution >= 4 is 17.8 Å². The van der Waals surface area contributed by atoms with E-state index < -0.39 is 35.3 Å². The molecule has 0 spiro atoms. The standard InChI is InChI=1S/C23H34N2O5/c1-15(2)12-17(19(26)23(6)14-29-23)24-20(27)18(13-16-10-8-7-9-11-16)25-21(28)30-22(3,4)5/h7-11,15,17-18H,12-14H2,1-6H3,(H,24,27)(H,25,28). The van der Waals surface area contributed by atoms with Crippen LogP contribution in [0.3, 0.4) is 0 Å². The third-order valence-electron chi connectivity index (χ3n) is 4.73. The summed E-state index contributed by atoms with van der Waals surface area (Å²) in [5.74, 6) is -0.360. The van der Waals surface area contributed by atoms with Gasteiger partial charge in [-0.25, -0.2) is 4.79 Å². The topological polar surface area (TPSA) is 97.0 Å². The van der Waals surface area contributed by atoms with Crippen LogP contribution in [0.25, 0.3) is 0 Å². The Balaban J connectivity index is 2.16. The van der Waals surface area contributed by atoms with Crippen LogP contribution < -0.4 is 10.6 Å². The molecule has 2 amide bonds. The quantitative estimate of drug-likeness (QED) is 0.601. The van der Waals surface area contributed by atoms with Crippen molar-refractivity contribution in [3.05, 3.63) is 35.9 Å². The highest BCUT2D eigenvalue weighted by atomic mass is 16.6. The smallest absolute Gasteiger partial charge is 0.408 e. The molecule has 30 heavy (non-hydrogen) atoms. The highest BCUT2D eigenvalue weighted by Crippen LogP contribution is 2.29. The first-order valence-electron chi connectivity index (χ1n) is 10.4. The zero-order valence-corrected chi connectivity index (χ0v) is 18.8. The number of hydrogen-bond acceptors (Lipinski definition) is 5. The Labute approximate surface area is 178 Å². The van der Waals surface area contributed by atoms with E-state index in [0.29, 0.717) is 13.0 Å². The average molecular weight is 419 g/mol. The van der Waals surface area contributed by atoms with Gasteiger partial charge in [0.15, 0.2) is 5.78 Å². The minimum Gasteiger partial charge on any atom is -0.444 e. The van der Waals surface area contributed by atoms with Gasteiger partial charge in [0.1, 0.15) is 17.2 Å². The SMILES string of the molecule is CC(C)CC(NC(=O)C(Cc1ccccc1)NC(=O)OC(C)(C)C)C(=O)C1(C)CO1. The van der Waals surface area contributed by atoms with E-state index in [1.165, 1.54) is 0 Å². The first-order chi connectivity index (χ1) is 13.9. The maximum atomic E-state index is 13.1. The minimum absolute atomic E-state index is 0.139. The Morgan fingerprint density at radius 3 is 2.20 bits per heavy atom. The molecule has 166 valence electrons. The lowest BCUT2D eigenvalue weighted by Gasteiger charge is -2.26. The van der Waals surface area contributed by atoms with Crippen LogP contribution in [0.15, 0.2) is 30.3 Å². The summed E-state index contributed by atoms with van der Waals surface area (Å²) >= 11 is 0. The van der Waals surface area contributed by atoms with Crippen LogP contribution in [-0.2, 0) is 25.5 Å². The normalized spacial score (nSPS) is 20.2. The molecule has 3 atom stereocenters. The summed E-state index contributed by atoms with van der Waals surface area (Å²) in [6, 6.07) is 7.83. The molecule has 1 fully saturated rings. The van der Waals surface area contributed by atoms with Crippen molar-refractivity contribution < 1.29 is 23.9 Å². The molecule has 1 aliphatic rings. The van der Waals surface area contributed by atoms with Gasteiger partial charge in [-0.05, 0) is 45.6 Å². The number of ketones is 1. The van der Waals surface area contributed by atoms with Crippen LogP contribution in [0.5, 0.6) is 0 Å². The van der Waals surface area contributed by atoms with Gasteiger partial charge in [0.25, 0.3) is 0 Å². The third-order valence-corrected chi connectivity index (χ3v) is 4.73. The van der Waals surface area contributed by atoms with E-state index in [4.69, 9.17) is 9.47 Å². The number of carbonyl (C=O) groups is 3. The van der Waals surface area contributed by atoms with Gasteiger partial charge in [-0.1, -0.05) is 44.2 Å². The van der Waals surface area contributed by atoms with Crippen LogP contribution in [0, 0.1) is 5.92 Å².